The molecule has 3 N–H and O–H groups in total. The molecule has 2 aromatic heterocycles. The maximum atomic E-state index is 15.2. The Labute approximate surface area is 234 Å². The number of hydrogen-bond acceptors (Lipinski definition) is 6. The lowest BCUT2D eigenvalue weighted by Gasteiger charge is -2.18. The van der Waals surface area contributed by atoms with Crippen molar-refractivity contribution < 1.29 is 13.9 Å². The lowest BCUT2D eigenvalue weighted by molar-refractivity contribution is 0.0954. The van der Waals surface area contributed by atoms with E-state index in [0.29, 0.717) is 46.1 Å². The number of carbonyl (C=O) groups is 1. The molecule has 0 aliphatic rings. The maximum absolute atomic E-state index is 15.2. The number of nitrogens with two attached hydrogens (primary N) is 1. The second-order valence-electron chi connectivity index (χ2n) is 9.15. The first-order chi connectivity index (χ1) is 19.5. The van der Waals surface area contributed by atoms with Gasteiger partial charge in [0, 0.05) is 16.8 Å². The van der Waals surface area contributed by atoms with Gasteiger partial charge in [-0.1, -0.05) is 66.7 Å². The largest absolute Gasteiger partial charge is 0.485 e. The SMILES string of the molecule is Cc1nc(-c2cccc(F)c2OCc2ccccc2)n(CCc2ccccc2)c(=O)c1-c1cc(C(=O)NN)cs1. The van der Waals surface area contributed by atoms with Gasteiger partial charge in [0.1, 0.15) is 12.4 Å². The van der Waals surface area contributed by atoms with E-state index < -0.39 is 11.7 Å². The summed E-state index contributed by atoms with van der Waals surface area (Å²) >= 11 is 1.26. The molecule has 40 heavy (non-hydrogen) atoms. The average Bonchev–Trinajstić information content (AvgIpc) is 3.46. The van der Waals surface area contributed by atoms with E-state index in [1.54, 1.807) is 35.1 Å². The van der Waals surface area contributed by atoms with Crippen molar-refractivity contribution in [2.75, 3.05) is 0 Å². The first-order valence-electron chi connectivity index (χ1n) is 12.7. The molecule has 0 aliphatic carbocycles. The van der Waals surface area contributed by atoms with Gasteiger partial charge >= 0.3 is 0 Å². The Balaban J connectivity index is 1.63. The van der Waals surface area contributed by atoms with Crippen LogP contribution in [0.5, 0.6) is 5.75 Å². The molecule has 0 saturated heterocycles. The smallest absolute Gasteiger partial charge is 0.266 e. The Bertz CT molecular complexity index is 1700. The van der Waals surface area contributed by atoms with Crippen molar-refractivity contribution in [3.05, 3.63) is 129 Å². The highest BCUT2D eigenvalue weighted by Crippen LogP contribution is 2.34. The number of carbonyl (C=O) groups excluding carboxylic acids is 1. The zero-order valence-corrected chi connectivity index (χ0v) is 22.6. The molecule has 0 unspecified atom stereocenters. The highest BCUT2D eigenvalue weighted by molar-refractivity contribution is 7.13. The van der Waals surface area contributed by atoms with E-state index in [2.05, 4.69) is 5.43 Å². The minimum atomic E-state index is -0.547. The Kier molecular flexibility index (Phi) is 8.14. The van der Waals surface area contributed by atoms with Crippen LogP contribution in [0.3, 0.4) is 0 Å². The molecule has 5 rings (SSSR count). The number of nitrogens with zero attached hydrogens (tertiary/aromatic N) is 2. The fourth-order valence-corrected chi connectivity index (χ4v) is 5.45. The monoisotopic (exact) mass is 554 g/mol. The van der Waals surface area contributed by atoms with Crippen molar-refractivity contribution in [2.24, 2.45) is 5.84 Å². The normalized spacial score (nSPS) is 10.9. The van der Waals surface area contributed by atoms with Crippen molar-refractivity contribution in [3.63, 3.8) is 0 Å². The molecule has 0 radical (unpaired) electrons. The van der Waals surface area contributed by atoms with E-state index in [1.165, 1.54) is 17.4 Å². The number of halogens is 1. The lowest BCUT2D eigenvalue weighted by Crippen LogP contribution is -2.29. The van der Waals surface area contributed by atoms with E-state index in [0.717, 1.165) is 11.1 Å². The summed E-state index contributed by atoms with van der Waals surface area (Å²) in [5, 5.41) is 1.64. The highest BCUT2D eigenvalue weighted by atomic mass is 32.1. The van der Waals surface area contributed by atoms with Crippen LogP contribution in [0, 0.1) is 12.7 Å². The number of thiophene rings is 1. The molecular weight excluding hydrogens is 527 g/mol. The fraction of sp³-hybridized carbons (Fsp3) is 0.129. The summed E-state index contributed by atoms with van der Waals surface area (Å²) in [7, 11) is 0. The van der Waals surface area contributed by atoms with Crippen LogP contribution in [0.1, 0.15) is 27.2 Å². The van der Waals surface area contributed by atoms with E-state index >= 15 is 4.39 Å². The summed E-state index contributed by atoms with van der Waals surface area (Å²) in [6, 6.07) is 25.5. The molecular formula is C31H27FN4O3S. The van der Waals surface area contributed by atoms with Crippen molar-refractivity contribution >= 4 is 17.2 Å². The van der Waals surface area contributed by atoms with E-state index in [1.807, 2.05) is 60.7 Å². The first-order valence-corrected chi connectivity index (χ1v) is 13.5. The minimum absolute atomic E-state index is 0.0249. The van der Waals surface area contributed by atoms with Crippen LogP contribution in [0.15, 0.2) is 95.1 Å². The first kappa shape index (κ1) is 27.0. The Morgan fingerprint density at radius 2 is 1.73 bits per heavy atom. The lowest BCUT2D eigenvalue weighted by atomic mass is 10.1. The van der Waals surface area contributed by atoms with Gasteiger partial charge in [0.2, 0.25) is 0 Å². The fourth-order valence-electron chi connectivity index (χ4n) is 4.47. The molecule has 202 valence electrons. The van der Waals surface area contributed by atoms with E-state index in [4.69, 9.17) is 15.6 Å². The summed E-state index contributed by atoms with van der Waals surface area (Å²) in [5.41, 5.74) is 5.30. The number of nitrogen functional groups attached to an aromatic ring is 1. The molecule has 2 heterocycles. The van der Waals surface area contributed by atoms with Gasteiger partial charge in [-0.25, -0.2) is 15.2 Å². The number of hydrazine groups is 1. The molecule has 0 bridgehead atoms. The van der Waals surface area contributed by atoms with Crippen LogP contribution in [0.4, 0.5) is 4.39 Å². The van der Waals surface area contributed by atoms with E-state index in [-0.39, 0.29) is 17.9 Å². The van der Waals surface area contributed by atoms with Crippen molar-refractivity contribution in [3.8, 4) is 27.6 Å². The number of amides is 1. The number of para-hydroxylation sites is 1. The standard InChI is InChI=1S/C31H27FN4O3S/c1-20-27(26-17-23(19-40-26)30(37)35-33)31(38)36(16-15-21-9-4-2-5-10-21)29(34-20)24-13-8-14-25(32)28(24)39-18-22-11-6-3-7-12-22/h2-14,17,19H,15-16,18,33H2,1H3,(H,35,37). The van der Waals surface area contributed by atoms with Crippen molar-refractivity contribution in [1.29, 1.82) is 0 Å². The van der Waals surface area contributed by atoms with Gasteiger partial charge in [0.05, 0.1) is 22.4 Å². The number of benzene rings is 3. The number of nitrogens with one attached hydrogen (secondary N) is 1. The maximum Gasteiger partial charge on any atom is 0.266 e. The molecule has 3 aromatic carbocycles. The van der Waals surface area contributed by atoms with Crippen LogP contribution < -0.4 is 21.6 Å². The van der Waals surface area contributed by atoms with Gasteiger partial charge in [-0.15, -0.1) is 11.3 Å². The Morgan fingerprint density at radius 1 is 1.02 bits per heavy atom. The van der Waals surface area contributed by atoms with Crippen LogP contribution in [-0.2, 0) is 19.6 Å². The Hall–Kier alpha value is -4.60. The second-order valence-corrected chi connectivity index (χ2v) is 10.1. The van der Waals surface area contributed by atoms with Gasteiger partial charge in [-0.3, -0.25) is 19.6 Å². The number of hydrogen-bond donors (Lipinski definition) is 2. The predicted molar refractivity (Wildman–Crippen MR) is 155 cm³/mol. The number of aromatic nitrogens is 2. The van der Waals surface area contributed by atoms with Gasteiger partial charge in [0.25, 0.3) is 11.5 Å². The van der Waals surface area contributed by atoms with Crippen LogP contribution in [0.25, 0.3) is 21.8 Å². The van der Waals surface area contributed by atoms with Crippen LogP contribution >= 0.6 is 11.3 Å². The molecule has 0 spiro atoms. The third-order valence-corrected chi connectivity index (χ3v) is 7.44. The molecule has 0 fully saturated rings. The molecule has 5 aromatic rings. The van der Waals surface area contributed by atoms with Gasteiger partial charge < -0.3 is 4.74 Å². The van der Waals surface area contributed by atoms with Gasteiger partial charge in [0.15, 0.2) is 11.6 Å². The zero-order chi connectivity index (χ0) is 28.1. The zero-order valence-electron chi connectivity index (χ0n) is 21.8. The molecule has 0 aliphatic heterocycles. The van der Waals surface area contributed by atoms with E-state index in [9.17, 15) is 9.59 Å². The molecule has 9 heteroatoms. The van der Waals surface area contributed by atoms with Gasteiger partial charge in [-0.2, -0.15) is 0 Å². The summed E-state index contributed by atoms with van der Waals surface area (Å²) in [6.45, 7) is 2.18. The third kappa shape index (κ3) is 5.70. The molecule has 0 saturated carbocycles. The van der Waals surface area contributed by atoms with Crippen LogP contribution in [0.2, 0.25) is 0 Å². The highest BCUT2D eigenvalue weighted by Gasteiger charge is 2.23. The average molecular weight is 555 g/mol. The van der Waals surface area contributed by atoms with Crippen molar-refractivity contribution in [2.45, 2.75) is 26.5 Å². The van der Waals surface area contributed by atoms with Crippen LogP contribution in [-0.4, -0.2) is 15.5 Å². The third-order valence-electron chi connectivity index (χ3n) is 6.49. The minimum Gasteiger partial charge on any atom is -0.485 e. The van der Waals surface area contributed by atoms with Gasteiger partial charge in [-0.05, 0) is 42.7 Å². The molecule has 1 amide bonds. The molecule has 0 atom stereocenters. The molecule has 7 nitrogen and oxygen atoms in total. The summed E-state index contributed by atoms with van der Waals surface area (Å²) in [5.74, 6) is 4.62. The number of ether oxygens (including phenoxy) is 1. The quantitative estimate of drug-likeness (QED) is 0.142. The topological polar surface area (TPSA) is 99.2 Å². The number of rotatable bonds is 9. The predicted octanol–water partition coefficient (Wildman–Crippen LogP) is 5.51. The summed E-state index contributed by atoms with van der Waals surface area (Å²) < 4.78 is 22.7. The summed E-state index contributed by atoms with van der Waals surface area (Å²) in [6.07, 6.45) is 0.554. The summed E-state index contributed by atoms with van der Waals surface area (Å²) in [4.78, 5) is 31.6. The Morgan fingerprint density at radius 3 is 2.42 bits per heavy atom. The second kappa shape index (κ2) is 12.1. The number of aryl methyl sites for hydroxylation is 2. The van der Waals surface area contributed by atoms with Crippen molar-refractivity contribution in [1.82, 2.24) is 15.0 Å².